The molecular formula is C17H28N4OS. The van der Waals surface area contributed by atoms with Gasteiger partial charge in [0.05, 0.1) is 0 Å². The number of aryl methyl sites for hydroxylation is 1. The van der Waals surface area contributed by atoms with Crippen molar-refractivity contribution >= 4 is 18.1 Å². The maximum Gasteiger partial charge on any atom is 0.223 e. The minimum atomic E-state index is 0.220. The summed E-state index contributed by atoms with van der Waals surface area (Å²) in [5.74, 6) is 3.10. The summed E-state index contributed by atoms with van der Waals surface area (Å²) < 4.78 is 2.62. The molecule has 128 valence electrons. The highest BCUT2D eigenvalue weighted by molar-refractivity contribution is 7.71. The molecule has 2 aliphatic carbocycles. The van der Waals surface area contributed by atoms with Crippen molar-refractivity contribution in [3.63, 3.8) is 0 Å². The third kappa shape index (κ3) is 3.84. The van der Waals surface area contributed by atoms with E-state index in [1.807, 2.05) is 4.57 Å². The number of carbonyl (C=O) groups excluding carboxylic acids is 1. The molecule has 6 heteroatoms. The Hall–Kier alpha value is -1.17. The number of nitrogens with one attached hydrogen (secondary N) is 2. The van der Waals surface area contributed by atoms with Crippen LogP contribution in [0, 0.1) is 22.5 Å². The van der Waals surface area contributed by atoms with E-state index in [9.17, 15) is 4.79 Å². The molecule has 0 bridgehead atoms. The van der Waals surface area contributed by atoms with Gasteiger partial charge in [-0.3, -0.25) is 9.89 Å². The molecule has 1 amide bonds. The SMILES string of the molecule is CCc1n[nH]c(=S)n1CCNC(=O)[C@@H]1CC[C@@H]2CCCC[C@H]2C1. The molecule has 2 N–H and O–H groups in total. The molecule has 0 radical (unpaired) electrons. The molecule has 3 atom stereocenters. The quantitative estimate of drug-likeness (QED) is 0.812. The van der Waals surface area contributed by atoms with Gasteiger partial charge in [-0.25, -0.2) is 0 Å². The van der Waals surface area contributed by atoms with Crippen molar-refractivity contribution in [3.8, 4) is 0 Å². The number of amides is 1. The molecule has 23 heavy (non-hydrogen) atoms. The predicted molar refractivity (Wildman–Crippen MR) is 92.6 cm³/mol. The molecule has 2 saturated carbocycles. The van der Waals surface area contributed by atoms with E-state index in [4.69, 9.17) is 12.2 Å². The molecule has 3 rings (SSSR count). The zero-order chi connectivity index (χ0) is 16.2. The molecular weight excluding hydrogens is 308 g/mol. The van der Waals surface area contributed by atoms with E-state index in [2.05, 4.69) is 22.4 Å². The van der Waals surface area contributed by atoms with Gasteiger partial charge >= 0.3 is 0 Å². The van der Waals surface area contributed by atoms with Crippen LogP contribution in [-0.4, -0.2) is 27.2 Å². The van der Waals surface area contributed by atoms with Crippen LogP contribution in [0.5, 0.6) is 0 Å². The molecule has 5 nitrogen and oxygen atoms in total. The van der Waals surface area contributed by atoms with Crippen LogP contribution >= 0.6 is 12.2 Å². The van der Waals surface area contributed by atoms with E-state index in [1.165, 1.54) is 32.1 Å². The topological polar surface area (TPSA) is 62.7 Å². The van der Waals surface area contributed by atoms with Crippen LogP contribution in [0.25, 0.3) is 0 Å². The molecule has 0 aromatic carbocycles. The van der Waals surface area contributed by atoms with Crippen LogP contribution in [0.3, 0.4) is 0 Å². The molecule has 1 heterocycles. The van der Waals surface area contributed by atoms with Crippen molar-refractivity contribution in [1.29, 1.82) is 0 Å². The van der Waals surface area contributed by atoms with Gasteiger partial charge in [0.1, 0.15) is 5.82 Å². The Morgan fingerprint density at radius 3 is 2.87 bits per heavy atom. The molecule has 2 aliphatic rings. The fourth-order valence-electron chi connectivity index (χ4n) is 4.40. The Morgan fingerprint density at radius 1 is 1.30 bits per heavy atom. The summed E-state index contributed by atoms with van der Waals surface area (Å²) in [4.78, 5) is 12.5. The van der Waals surface area contributed by atoms with E-state index in [0.29, 0.717) is 17.9 Å². The molecule has 0 unspecified atom stereocenters. The number of hydrogen-bond donors (Lipinski definition) is 2. The van der Waals surface area contributed by atoms with Gasteiger partial charge in [0, 0.05) is 25.4 Å². The number of hydrogen-bond acceptors (Lipinski definition) is 3. The van der Waals surface area contributed by atoms with E-state index in [1.54, 1.807) is 0 Å². The highest BCUT2D eigenvalue weighted by atomic mass is 32.1. The van der Waals surface area contributed by atoms with Crippen molar-refractivity contribution in [1.82, 2.24) is 20.1 Å². The number of rotatable bonds is 5. The zero-order valence-electron chi connectivity index (χ0n) is 14.0. The first-order valence-electron chi connectivity index (χ1n) is 9.10. The Kier molecular flexibility index (Phi) is 5.51. The van der Waals surface area contributed by atoms with Crippen LogP contribution in [-0.2, 0) is 17.8 Å². The summed E-state index contributed by atoms with van der Waals surface area (Å²) in [5.41, 5.74) is 0. The second kappa shape index (κ2) is 7.60. The van der Waals surface area contributed by atoms with E-state index in [0.717, 1.165) is 36.9 Å². The largest absolute Gasteiger partial charge is 0.354 e. The molecule has 0 aliphatic heterocycles. The highest BCUT2D eigenvalue weighted by Gasteiger charge is 2.34. The first-order chi connectivity index (χ1) is 11.2. The molecule has 1 aromatic heterocycles. The number of carbonyl (C=O) groups is 1. The minimum absolute atomic E-state index is 0.220. The third-order valence-corrected chi connectivity index (χ3v) is 6.01. The van der Waals surface area contributed by atoms with Crippen molar-refractivity contribution in [2.45, 2.75) is 64.8 Å². The summed E-state index contributed by atoms with van der Waals surface area (Å²) in [7, 11) is 0. The second-order valence-corrected chi connectivity index (χ2v) is 7.44. The van der Waals surface area contributed by atoms with E-state index < -0.39 is 0 Å². The van der Waals surface area contributed by atoms with E-state index >= 15 is 0 Å². The summed E-state index contributed by atoms with van der Waals surface area (Å²) in [5, 5.41) is 10.1. The summed E-state index contributed by atoms with van der Waals surface area (Å²) in [6.45, 7) is 3.38. The summed E-state index contributed by atoms with van der Waals surface area (Å²) >= 11 is 5.24. The van der Waals surface area contributed by atoms with Crippen LogP contribution < -0.4 is 5.32 Å². The van der Waals surface area contributed by atoms with Gasteiger partial charge in [-0.15, -0.1) is 0 Å². The smallest absolute Gasteiger partial charge is 0.223 e. The maximum atomic E-state index is 12.5. The number of nitrogens with zero attached hydrogens (tertiary/aromatic N) is 2. The lowest BCUT2D eigenvalue weighted by Crippen LogP contribution is -2.38. The average molecular weight is 337 g/mol. The first-order valence-corrected chi connectivity index (χ1v) is 9.51. The molecule has 0 spiro atoms. The average Bonchev–Trinajstić information content (AvgIpc) is 2.94. The van der Waals surface area contributed by atoms with Crippen molar-refractivity contribution < 1.29 is 4.79 Å². The normalized spacial score (nSPS) is 27.4. The monoisotopic (exact) mass is 336 g/mol. The minimum Gasteiger partial charge on any atom is -0.354 e. The van der Waals surface area contributed by atoms with Crippen LogP contribution in [0.2, 0.25) is 0 Å². The third-order valence-electron chi connectivity index (χ3n) is 5.70. The Morgan fingerprint density at radius 2 is 2.09 bits per heavy atom. The molecule has 1 aromatic rings. The van der Waals surface area contributed by atoms with Gasteiger partial charge < -0.3 is 9.88 Å². The van der Waals surface area contributed by atoms with Gasteiger partial charge in [-0.05, 0) is 43.3 Å². The fraction of sp³-hybridized carbons (Fsp3) is 0.824. The standard InChI is InChI=1S/C17H28N4OS/c1-2-15-19-20-17(23)21(15)10-9-18-16(22)14-8-7-12-5-3-4-6-13(12)11-14/h12-14H,2-11H2,1H3,(H,18,22)(H,20,23)/t12-,13-,14+/m0/s1. The summed E-state index contributed by atoms with van der Waals surface area (Å²) in [6, 6.07) is 0. The van der Waals surface area contributed by atoms with Gasteiger partial charge in [0.2, 0.25) is 5.91 Å². The lowest BCUT2D eigenvalue weighted by molar-refractivity contribution is -0.127. The first kappa shape index (κ1) is 16.7. The lowest BCUT2D eigenvalue weighted by Gasteiger charge is -2.38. The molecule has 2 fully saturated rings. The number of aromatic amines is 1. The van der Waals surface area contributed by atoms with Gasteiger partial charge in [-0.1, -0.05) is 32.6 Å². The number of aromatic nitrogens is 3. The van der Waals surface area contributed by atoms with Crippen molar-refractivity contribution in [3.05, 3.63) is 10.6 Å². The van der Waals surface area contributed by atoms with Crippen molar-refractivity contribution in [2.24, 2.45) is 17.8 Å². The van der Waals surface area contributed by atoms with Crippen LogP contribution in [0.1, 0.15) is 57.7 Å². The van der Waals surface area contributed by atoms with E-state index in [-0.39, 0.29) is 11.8 Å². The fourth-order valence-corrected chi connectivity index (χ4v) is 4.64. The lowest BCUT2D eigenvalue weighted by atomic mass is 9.67. The Balaban J connectivity index is 1.48. The maximum absolute atomic E-state index is 12.5. The molecule has 0 saturated heterocycles. The number of fused-ring (bicyclic) bond motifs is 1. The van der Waals surface area contributed by atoms with Gasteiger partial charge in [0.15, 0.2) is 4.77 Å². The van der Waals surface area contributed by atoms with Crippen LogP contribution in [0.4, 0.5) is 0 Å². The Labute approximate surface area is 143 Å². The second-order valence-electron chi connectivity index (χ2n) is 7.06. The Bertz CT molecular complexity index is 594. The predicted octanol–water partition coefficient (Wildman–Crippen LogP) is 3.23. The highest BCUT2D eigenvalue weighted by Crippen LogP contribution is 2.42. The zero-order valence-corrected chi connectivity index (χ0v) is 14.8. The summed E-state index contributed by atoms with van der Waals surface area (Å²) in [6.07, 6.45) is 9.72. The van der Waals surface area contributed by atoms with Gasteiger partial charge in [0.25, 0.3) is 0 Å². The van der Waals surface area contributed by atoms with Crippen LogP contribution in [0.15, 0.2) is 0 Å². The van der Waals surface area contributed by atoms with Gasteiger partial charge in [-0.2, -0.15) is 5.10 Å². The number of H-pyrrole nitrogens is 1. The van der Waals surface area contributed by atoms with Crippen molar-refractivity contribution in [2.75, 3.05) is 6.54 Å².